The zero-order valence-electron chi connectivity index (χ0n) is 13.3. The monoisotopic (exact) mass is 354 g/mol. The van der Waals surface area contributed by atoms with Crippen LogP contribution in [0.5, 0.6) is 0 Å². The van der Waals surface area contributed by atoms with E-state index in [-0.39, 0.29) is 11.8 Å². The van der Waals surface area contributed by atoms with Crippen LogP contribution in [0.25, 0.3) is 0 Å². The number of imide groups is 1. The van der Waals surface area contributed by atoms with Gasteiger partial charge in [0.15, 0.2) is 0 Å². The Morgan fingerprint density at radius 1 is 1.04 bits per heavy atom. The van der Waals surface area contributed by atoms with E-state index in [1.807, 2.05) is 0 Å². The summed E-state index contributed by atoms with van der Waals surface area (Å²) in [6.07, 6.45) is 1.33. The molecule has 0 N–H and O–H groups in total. The minimum absolute atomic E-state index is 0.196. The first kappa shape index (κ1) is 15.8. The molecular formula is C19H15ClN2O3. The van der Waals surface area contributed by atoms with Crippen molar-refractivity contribution in [1.29, 1.82) is 0 Å². The van der Waals surface area contributed by atoms with Crippen LogP contribution in [-0.4, -0.2) is 35.2 Å². The predicted octanol–water partition coefficient (Wildman–Crippen LogP) is 3.13. The number of fused-ring (bicyclic) bond motifs is 2. The smallest absolute Gasteiger partial charge is 0.265 e. The Kier molecular flexibility index (Phi) is 3.81. The van der Waals surface area contributed by atoms with Crippen molar-refractivity contribution in [2.24, 2.45) is 0 Å². The number of rotatable bonds is 1. The third kappa shape index (κ3) is 2.51. The van der Waals surface area contributed by atoms with Crippen LogP contribution in [0.2, 0.25) is 5.02 Å². The van der Waals surface area contributed by atoms with Crippen molar-refractivity contribution < 1.29 is 14.4 Å². The highest BCUT2D eigenvalue weighted by atomic mass is 35.5. The number of nitrogens with zero attached hydrogens (tertiary/aromatic N) is 2. The first-order valence-corrected chi connectivity index (χ1v) is 8.49. The van der Waals surface area contributed by atoms with Crippen LogP contribution in [0.4, 0.5) is 5.69 Å². The lowest BCUT2D eigenvalue weighted by atomic mass is 10.1. The summed E-state index contributed by atoms with van der Waals surface area (Å²) in [4.78, 5) is 41.7. The van der Waals surface area contributed by atoms with Gasteiger partial charge < -0.3 is 4.90 Å². The van der Waals surface area contributed by atoms with Crippen LogP contribution in [0.1, 0.15) is 33.6 Å². The molecule has 0 aliphatic carbocycles. The van der Waals surface area contributed by atoms with Crippen molar-refractivity contribution in [2.45, 2.75) is 18.9 Å². The second-order valence-corrected chi connectivity index (χ2v) is 6.60. The number of hydrogen-bond donors (Lipinski definition) is 0. The van der Waals surface area contributed by atoms with Gasteiger partial charge in [-0.05, 0) is 49.2 Å². The molecule has 1 atom stereocenters. The van der Waals surface area contributed by atoms with Crippen molar-refractivity contribution in [3.05, 3.63) is 64.7 Å². The second kappa shape index (κ2) is 6.01. The minimum atomic E-state index is -0.587. The summed E-state index contributed by atoms with van der Waals surface area (Å²) in [5.74, 6) is -0.996. The standard InChI is InChI=1S/C19H15ClN2O3/c20-13-9-7-12(8-10-13)17(23)22-15-5-2-1-4-14(15)18(24)21-11-3-6-16(21)19(22)25/h1-2,4-5,7-10,16H,3,6,11H2/t16-/m1/s1. The number of anilines is 1. The third-order valence-electron chi connectivity index (χ3n) is 4.69. The highest BCUT2D eigenvalue weighted by Crippen LogP contribution is 2.33. The maximum absolute atomic E-state index is 13.1. The average Bonchev–Trinajstić information content (AvgIpc) is 3.09. The van der Waals surface area contributed by atoms with Crippen molar-refractivity contribution >= 4 is 35.0 Å². The number of benzene rings is 2. The molecule has 6 heteroatoms. The molecule has 2 aliphatic rings. The molecule has 2 heterocycles. The van der Waals surface area contributed by atoms with Crippen molar-refractivity contribution in [1.82, 2.24) is 4.90 Å². The van der Waals surface area contributed by atoms with Gasteiger partial charge in [0.05, 0.1) is 11.3 Å². The van der Waals surface area contributed by atoms with E-state index in [2.05, 4.69) is 0 Å². The van der Waals surface area contributed by atoms with Crippen LogP contribution in [0, 0.1) is 0 Å². The average molecular weight is 355 g/mol. The molecule has 5 nitrogen and oxygen atoms in total. The van der Waals surface area contributed by atoms with E-state index in [4.69, 9.17) is 11.6 Å². The van der Waals surface area contributed by atoms with Gasteiger partial charge in [0, 0.05) is 17.1 Å². The van der Waals surface area contributed by atoms with E-state index in [1.54, 1.807) is 53.4 Å². The number of carbonyl (C=O) groups excluding carboxylic acids is 3. The van der Waals surface area contributed by atoms with E-state index in [0.717, 1.165) is 11.3 Å². The van der Waals surface area contributed by atoms with E-state index < -0.39 is 11.9 Å². The molecule has 0 bridgehead atoms. The summed E-state index contributed by atoms with van der Waals surface area (Å²) < 4.78 is 0. The number of para-hydroxylation sites is 1. The molecular weight excluding hydrogens is 340 g/mol. The molecule has 1 saturated heterocycles. The largest absolute Gasteiger partial charge is 0.327 e. The van der Waals surface area contributed by atoms with E-state index >= 15 is 0 Å². The zero-order chi connectivity index (χ0) is 17.6. The van der Waals surface area contributed by atoms with E-state index in [1.165, 1.54) is 0 Å². The van der Waals surface area contributed by atoms with Crippen LogP contribution < -0.4 is 4.90 Å². The summed E-state index contributed by atoms with van der Waals surface area (Å²) in [6.45, 7) is 0.534. The molecule has 25 heavy (non-hydrogen) atoms. The summed E-state index contributed by atoms with van der Waals surface area (Å²) in [5.41, 5.74) is 1.07. The lowest BCUT2D eigenvalue weighted by Crippen LogP contribution is -2.47. The van der Waals surface area contributed by atoms with Crippen molar-refractivity contribution in [3.8, 4) is 0 Å². The predicted molar refractivity (Wildman–Crippen MR) is 93.8 cm³/mol. The van der Waals surface area contributed by atoms with Crippen LogP contribution in [0.3, 0.4) is 0 Å². The summed E-state index contributed by atoms with van der Waals surface area (Å²) >= 11 is 5.89. The summed E-state index contributed by atoms with van der Waals surface area (Å²) in [7, 11) is 0. The fourth-order valence-electron chi connectivity index (χ4n) is 3.47. The Hall–Kier alpha value is -2.66. The zero-order valence-corrected chi connectivity index (χ0v) is 14.1. The van der Waals surface area contributed by atoms with Crippen molar-refractivity contribution in [3.63, 3.8) is 0 Å². The van der Waals surface area contributed by atoms with Gasteiger partial charge in [-0.15, -0.1) is 0 Å². The molecule has 2 aliphatic heterocycles. The lowest BCUT2D eigenvalue weighted by molar-refractivity contribution is -0.121. The quantitative estimate of drug-likeness (QED) is 0.739. The van der Waals surface area contributed by atoms with Gasteiger partial charge in [-0.25, -0.2) is 4.90 Å². The molecule has 0 aromatic heterocycles. The molecule has 3 amide bonds. The summed E-state index contributed by atoms with van der Waals surface area (Å²) in [5, 5.41) is 0.510. The van der Waals surface area contributed by atoms with Gasteiger partial charge in [0.25, 0.3) is 17.7 Å². The van der Waals surface area contributed by atoms with E-state index in [0.29, 0.717) is 34.8 Å². The normalized spacial score (nSPS) is 19.5. The fourth-order valence-corrected chi connectivity index (χ4v) is 3.60. The minimum Gasteiger partial charge on any atom is -0.327 e. The van der Waals surface area contributed by atoms with Gasteiger partial charge in [-0.1, -0.05) is 23.7 Å². The first-order valence-electron chi connectivity index (χ1n) is 8.12. The molecule has 2 aromatic carbocycles. The Morgan fingerprint density at radius 3 is 2.52 bits per heavy atom. The topological polar surface area (TPSA) is 57.7 Å². The van der Waals surface area contributed by atoms with Crippen LogP contribution in [0.15, 0.2) is 48.5 Å². The van der Waals surface area contributed by atoms with Crippen molar-refractivity contribution in [2.75, 3.05) is 11.4 Å². The van der Waals surface area contributed by atoms with Crippen LogP contribution in [-0.2, 0) is 4.79 Å². The fraction of sp³-hybridized carbons (Fsp3) is 0.211. The Labute approximate surface area is 149 Å². The Morgan fingerprint density at radius 2 is 1.76 bits per heavy atom. The third-order valence-corrected chi connectivity index (χ3v) is 4.94. The molecule has 0 radical (unpaired) electrons. The van der Waals surface area contributed by atoms with Gasteiger partial charge in [-0.2, -0.15) is 0 Å². The van der Waals surface area contributed by atoms with Crippen LogP contribution >= 0.6 is 11.6 Å². The molecule has 2 aromatic rings. The number of carbonyl (C=O) groups is 3. The number of hydrogen-bond acceptors (Lipinski definition) is 3. The van der Waals surface area contributed by atoms with Gasteiger partial charge in [0.1, 0.15) is 6.04 Å². The molecule has 126 valence electrons. The Bertz CT molecular complexity index is 878. The maximum Gasteiger partial charge on any atom is 0.265 e. The number of amides is 3. The first-order chi connectivity index (χ1) is 12.1. The number of halogens is 1. The summed E-state index contributed by atoms with van der Waals surface area (Å²) in [6, 6.07) is 12.6. The second-order valence-electron chi connectivity index (χ2n) is 6.16. The highest BCUT2D eigenvalue weighted by molar-refractivity contribution is 6.31. The maximum atomic E-state index is 13.1. The SMILES string of the molecule is O=C(c1ccc(Cl)cc1)N1C(=O)[C@H]2CCCN2C(=O)c2ccccc21. The molecule has 1 fully saturated rings. The lowest BCUT2D eigenvalue weighted by Gasteiger charge is -2.24. The molecule has 0 spiro atoms. The van der Waals surface area contributed by atoms with Gasteiger partial charge in [0.2, 0.25) is 0 Å². The van der Waals surface area contributed by atoms with Gasteiger partial charge in [-0.3, -0.25) is 14.4 Å². The molecule has 4 rings (SSSR count). The molecule has 0 saturated carbocycles. The highest BCUT2D eigenvalue weighted by Gasteiger charge is 2.44. The molecule has 0 unspecified atom stereocenters. The van der Waals surface area contributed by atoms with Gasteiger partial charge >= 0.3 is 0 Å². The van der Waals surface area contributed by atoms with E-state index in [9.17, 15) is 14.4 Å². The Balaban J connectivity index is 1.85.